The summed E-state index contributed by atoms with van der Waals surface area (Å²) in [5.74, 6) is -1.78. The van der Waals surface area contributed by atoms with E-state index in [2.05, 4.69) is 30.5 Å². The van der Waals surface area contributed by atoms with Gasteiger partial charge >= 0.3 is 6.09 Å². The van der Waals surface area contributed by atoms with Gasteiger partial charge < -0.3 is 34.8 Å². The number of likely N-dealkylation sites (N-methyl/N-ethyl adjacent to an activating group) is 1. The Morgan fingerprint density at radius 2 is 1.38 bits per heavy atom. The van der Waals surface area contributed by atoms with Crippen LogP contribution in [0.2, 0.25) is 0 Å². The molecule has 4 aromatic rings. The average molecular weight is 878 g/mol. The fourth-order valence-electron chi connectivity index (χ4n) is 8.59. The van der Waals surface area contributed by atoms with Crippen molar-refractivity contribution in [2.45, 2.75) is 89.8 Å². The van der Waals surface area contributed by atoms with Crippen molar-refractivity contribution in [3.63, 3.8) is 0 Å². The number of halogens is 1. The van der Waals surface area contributed by atoms with Gasteiger partial charge in [-0.1, -0.05) is 68.4 Å². The molecule has 5 amide bonds. The highest BCUT2D eigenvalue weighted by Gasteiger charge is 2.39. The van der Waals surface area contributed by atoms with E-state index in [0.29, 0.717) is 57.8 Å². The van der Waals surface area contributed by atoms with Gasteiger partial charge in [-0.3, -0.25) is 29.4 Å². The first-order valence-electron chi connectivity index (χ1n) is 22.0. The number of hydrogen-bond donors (Lipinski definition) is 3. The topological polar surface area (TPSA) is 153 Å². The summed E-state index contributed by atoms with van der Waals surface area (Å²) in [6.45, 7) is 9.20. The quantitative estimate of drug-likeness (QED) is 0.102. The molecule has 0 spiro atoms. The number of hydrogen-bond acceptors (Lipinski definition) is 10. The Hall–Kier alpha value is -6.32. The zero-order valence-corrected chi connectivity index (χ0v) is 37.3. The van der Waals surface area contributed by atoms with Gasteiger partial charge in [0, 0.05) is 50.4 Å². The van der Waals surface area contributed by atoms with E-state index in [1.807, 2.05) is 97.6 Å². The zero-order valence-electron chi connectivity index (χ0n) is 37.3. The van der Waals surface area contributed by atoms with Crippen LogP contribution in [0, 0.1) is 5.82 Å². The van der Waals surface area contributed by atoms with Crippen LogP contribution < -0.4 is 25.8 Å². The Bertz CT molecular complexity index is 2190. The maximum atomic E-state index is 14.1. The Labute approximate surface area is 375 Å². The highest BCUT2D eigenvalue weighted by atomic mass is 19.1. The van der Waals surface area contributed by atoms with Gasteiger partial charge in [0.15, 0.2) is 0 Å². The molecule has 64 heavy (non-hydrogen) atoms. The van der Waals surface area contributed by atoms with Gasteiger partial charge in [-0.2, -0.15) is 0 Å². The van der Waals surface area contributed by atoms with E-state index >= 15 is 0 Å². The second kappa shape index (κ2) is 22.3. The molecule has 14 nitrogen and oxygen atoms in total. The maximum absolute atomic E-state index is 14.1. The minimum atomic E-state index is -1.14. The van der Waals surface area contributed by atoms with Crippen LogP contribution in [0.4, 0.5) is 26.2 Å². The molecule has 0 aromatic heterocycles. The molecule has 0 saturated carbocycles. The summed E-state index contributed by atoms with van der Waals surface area (Å²) in [5.41, 5.74) is 5.11. The van der Waals surface area contributed by atoms with E-state index in [9.17, 15) is 28.4 Å². The number of ether oxygens (including phenoxy) is 2. The Morgan fingerprint density at radius 1 is 0.766 bits per heavy atom. The molecule has 2 heterocycles. The number of carbonyl (C=O) groups is 5. The van der Waals surface area contributed by atoms with E-state index < -0.39 is 48.2 Å². The second-order valence-electron chi connectivity index (χ2n) is 16.2. The number of anilines is 3. The number of alkyl carbamates (subject to hydrolysis) is 1. The lowest BCUT2D eigenvalue weighted by Gasteiger charge is -2.34. The molecule has 0 aliphatic carbocycles. The molecular weight excluding hydrogens is 818 g/mol. The van der Waals surface area contributed by atoms with Gasteiger partial charge in [-0.25, -0.2) is 9.18 Å². The summed E-state index contributed by atoms with van der Waals surface area (Å²) >= 11 is 0. The third-order valence-electron chi connectivity index (χ3n) is 12.2. The fourth-order valence-corrected chi connectivity index (χ4v) is 8.59. The van der Waals surface area contributed by atoms with Crippen LogP contribution in [0.15, 0.2) is 103 Å². The average Bonchev–Trinajstić information content (AvgIpc) is 4.02. The zero-order chi connectivity index (χ0) is 45.8. The summed E-state index contributed by atoms with van der Waals surface area (Å²) in [4.78, 5) is 74.3. The smallest absolute Gasteiger partial charge is 0.407 e. The standard InChI is InChI=1S/C49H60FN7O7/c1-6-54(7-2)44(36-13-9-8-10-14-36)48(61)57-30-12-16-42(57)45(58)51-38-23-17-34(18-24-38)31-55(39-27-21-37(50)22-28-39)32-35-19-25-40(26-20-35)56-29-11-15-41(56)46(59)53-47(60)43(33(3)63-4)52-49(62)64-5/h8-10,13-14,17-28,33,41-44H,6-7,11-12,15-16,29-32H2,1-5H3,(H,51,58)(H,52,62)(H,53,59,60)/t33-,41+,42+,43+,44-/m1/s1. The SMILES string of the molecule is CCN(CC)[C@@H](C(=O)N1CCC[C@H]1C(=O)Nc1ccc(CN(Cc2ccc(N3CCC[C@H]3C(=O)NC(=O)[C@@H](NC(=O)OC)[C@@H](C)OC)cc2)c2ccc(F)cc2)cc1)c1ccccc1. The molecule has 2 fully saturated rings. The van der Waals surface area contributed by atoms with Gasteiger partial charge in [-0.15, -0.1) is 0 Å². The molecule has 2 aliphatic heterocycles. The van der Waals surface area contributed by atoms with Crippen molar-refractivity contribution in [1.82, 2.24) is 20.4 Å². The monoisotopic (exact) mass is 877 g/mol. The summed E-state index contributed by atoms with van der Waals surface area (Å²) in [6, 6.07) is 28.8. The van der Waals surface area contributed by atoms with E-state index in [0.717, 1.165) is 40.9 Å². The lowest BCUT2D eigenvalue weighted by atomic mass is 10.0. The van der Waals surface area contributed by atoms with Crippen LogP contribution in [0.3, 0.4) is 0 Å². The second-order valence-corrected chi connectivity index (χ2v) is 16.2. The van der Waals surface area contributed by atoms with Crippen molar-refractivity contribution in [3.05, 3.63) is 126 Å². The van der Waals surface area contributed by atoms with Gasteiger partial charge in [0.05, 0.1) is 13.2 Å². The van der Waals surface area contributed by atoms with Gasteiger partial charge in [-0.05, 0) is 111 Å². The molecule has 5 atom stereocenters. The van der Waals surface area contributed by atoms with Crippen molar-refractivity contribution in [3.8, 4) is 0 Å². The highest BCUT2D eigenvalue weighted by molar-refractivity contribution is 6.02. The van der Waals surface area contributed by atoms with Gasteiger partial charge in [0.2, 0.25) is 17.7 Å². The molecule has 340 valence electrons. The lowest BCUT2D eigenvalue weighted by molar-refractivity contribution is -0.141. The normalized spacial score (nSPS) is 17.4. The third-order valence-corrected chi connectivity index (χ3v) is 12.2. The summed E-state index contributed by atoms with van der Waals surface area (Å²) in [5, 5.41) is 7.94. The molecule has 2 aliphatic rings. The number of benzene rings is 4. The molecule has 2 saturated heterocycles. The van der Waals surface area contributed by atoms with Crippen molar-refractivity contribution in [1.29, 1.82) is 0 Å². The van der Waals surface area contributed by atoms with Crippen molar-refractivity contribution in [2.75, 3.05) is 55.5 Å². The molecule has 4 aromatic carbocycles. The first-order chi connectivity index (χ1) is 30.9. The number of amides is 5. The first-order valence-corrected chi connectivity index (χ1v) is 22.0. The number of rotatable bonds is 18. The molecule has 15 heteroatoms. The van der Waals surface area contributed by atoms with Crippen LogP contribution >= 0.6 is 0 Å². The van der Waals surface area contributed by atoms with Crippen molar-refractivity contribution in [2.24, 2.45) is 0 Å². The highest BCUT2D eigenvalue weighted by Crippen LogP contribution is 2.30. The fraction of sp³-hybridized carbons (Fsp3) is 0.408. The predicted molar refractivity (Wildman–Crippen MR) is 244 cm³/mol. The number of likely N-dealkylation sites (tertiary alicyclic amines) is 1. The van der Waals surface area contributed by atoms with Gasteiger partial charge in [0.1, 0.15) is 30.0 Å². The Balaban J connectivity index is 1.10. The summed E-state index contributed by atoms with van der Waals surface area (Å²) < 4.78 is 24.0. The van der Waals surface area contributed by atoms with Crippen molar-refractivity contribution < 1.29 is 37.8 Å². The Kier molecular flexibility index (Phi) is 16.5. The number of methoxy groups -OCH3 is 2. The summed E-state index contributed by atoms with van der Waals surface area (Å²) in [7, 11) is 2.59. The van der Waals surface area contributed by atoms with E-state index in [1.165, 1.54) is 26.4 Å². The van der Waals surface area contributed by atoms with Crippen LogP contribution in [0.1, 0.15) is 69.2 Å². The van der Waals surface area contributed by atoms with Crippen LogP contribution in [-0.4, -0.2) is 104 Å². The largest absolute Gasteiger partial charge is 0.453 e. The minimum absolute atomic E-state index is 0.0614. The van der Waals surface area contributed by atoms with Crippen LogP contribution in [0.25, 0.3) is 0 Å². The molecule has 0 bridgehead atoms. The van der Waals surface area contributed by atoms with E-state index in [-0.39, 0.29) is 17.6 Å². The van der Waals surface area contributed by atoms with Crippen LogP contribution in [0.5, 0.6) is 0 Å². The third kappa shape index (κ3) is 11.6. The molecule has 0 unspecified atom stereocenters. The first kappa shape index (κ1) is 47.2. The number of nitrogens with zero attached hydrogens (tertiary/aromatic N) is 4. The number of imide groups is 1. The molecule has 6 rings (SSSR count). The lowest BCUT2D eigenvalue weighted by Crippen LogP contribution is -2.56. The number of nitrogens with one attached hydrogen (secondary N) is 3. The van der Waals surface area contributed by atoms with Crippen molar-refractivity contribution >= 4 is 46.8 Å². The minimum Gasteiger partial charge on any atom is -0.453 e. The van der Waals surface area contributed by atoms with Crippen LogP contribution in [-0.2, 0) is 41.7 Å². The molecule has 3 N–H and O–H groups in total. The van der Waals surface area contributed by atoms with E-state index in [4.69, 9.17) is 4.74 Å². The predicted octanol–water partition coefficient (Wildman–Crippen LogP) is 6.42. The van der Waals surface area contributed by atoms with Gasteiger partial charge in [0.25, 0.3) is 5.91 Å². The summed E-state index contributed by atoms with van der Waals surface area (Å²) in [6.07, 6.45) is 1.09. The number of carbonyl (C=O) groups excluding carboxylic acids is 5. The molecule has 0 radical (unpaired) electrons. The van der Waals surface area contributed by atoms with E-state index in [1.54, 1.807) is 24.0 Å². The Morgan fingerprint density at radius 3 is 1.98 bits per heavy atom. The maximum Gasteiger partial charge on any atom is 0.407 e. The molecular formula is C49H60FN7O7.